The number of aromatic hydroxyl groups is 1. The van der Waals surface area contributed by atoms with Gasteiger partial charge >= 0.3 is 0 Å². The van der Waals surface area contributed by atoms with Crippen LogP contribution in [0.3, 0.4) is 0 Å². The van der Waals surface area contributed by atoms with Crippen molar-refractivity contribution >= 4 is 23.1 Å². The van der Waals surface area contributed by atoms with E-state index in [0.717, 1.165) is 12.0 Å². The number of aliphatic hydroxyl groups is 1. The van der Waals surface area contributed by atoms with Gasteiger partial charge in [0.2, 0.25) is 0 Å². The Morgan fingerprint density at radius 2 is 1.70 bits per heavy atom. The molecule has 0 aliphatic carbocycles. The number of nitrogens with zero attached hydrogens (tertiary/aromatic N) is 2. The fourth-order valence-electron chi connectivity index (χ4n) is 3.62. The van der Waals surface area contributed by atoms with Crippen molar-refractivity contribution in [2.45, 2.75) is 19.4 Å². The largest absolute Gasteiger partial charge is 0.507 e. The van der Waals surface area contributed by atoms with Gasteiger partial charge in [-0.3, -0.25) is 19.5 Å². The molecule has 1 amide bonds. The average Bonchev–Trinajstić information content (AvgIpc) is 3.05. The number of pyridine rings is 1. The zero-order valence-corrected chi connectivity index (χ0v) is 16.3. The summed E-state index contributed by atoms with van der Waals surface area (Å²) in [7, 11) is 0. The number of amides is 1. The number of hydrogen-bond acceptors (Lipinski definition) is 5. The van der Waals surface area contributed by atoms with Crippen molar-refractivity contribution in [3.8, 4) is 5.75 Å². The maximum atomic E-state index is 13.0. The van der Waals surface area contributed by atoms with Gasteiger partial charge in [-0.15, -0.1) is 0 Å². The van der Waals surface area contributed by atoms with Gasteiger partial charge in [0, 0.05) is 11.8 Å². The van der Waals surface area contributed by atoms with Crippen molar-refractivity contribution in [2.24, 2.45) is 0 Å². The smallest absolute Gasteiger partial charge is 0.300 e. The fraction of sp³-hybridized carbons (Fsp3) is 0.125. The summed E-state index contributed by atoms with van der Waals surface area (Å²) in [4.78, 5) is 31.5. The lowest BCUT2D eigenvalue weighted by molar-refractivity contribution is -0.132. The number of phenols is 1. The van der Waals surface area contributed by atoms with Gasteiger partial charge < -0.3 is 10.2 Å². The molecule has 1 atom stereocenters. The first kappa shape index (κ1) is 19.4. The lowest BCUT2D eigenvalue weighted by Crippen LogP contribution is -2.29. The molecule has 2 aromatic carbocycles. The second-order valence-corrected chi connectivity index (χ2v) is 6.96. The first-order valence-electron chi connectivity index (χ1n) is 9.62. The molecule has 0 radical (unpaired) electrons. The second kappa shape index (κ2) is 7.83. The van der Waals surface area contributed by atoms with Crippen LogP contribution in [0.4, 0.5) is 5.69 Å². The Kier molecular flexibility index (Phi) is 5.06. The molecule has 30 heavy (non-hydrogen) atoms. The molecule has 1 unspecified atom stereocenters. The summed E-state index contributed by atoms with van der Waals surface area (Å²) in [6, 6.07) is 17.6. The van der Waals surface area contributed by atoms with E-state index in [9.17, 15) is 19.8 Å². The molecule has 2 heterocycles. The zero-order chi connectivity index (χ0) is 21.3. The van der Waals surface area contributed by atoms with Crippen LogP contribution in [0.5, 0.6) is 5.75 Å². The number of aryl methyl sites for hydroxylation is 1. The van der Waals surface area contributed by atoms with Crippen LogP contribution in [-0.2, 0) is 16.0 Å². The van der Waals surface area contributed by atoms with Gasteiger partial charge in [0.15, 0.2) is 0 Å². The number of carbonyl (C=O) groups excluding carboxylic acids is 2. The number of anilines is 1. The minimum absolute atomic E-state index is 0.0637. The Balaban J connectivity index is 1.93. The number of aromatic nitrogens is 1. The van der Waals surface area contributed by atoms with Gasteiger partial charge in [-0.25, -0.2) is 0 Å². The number of Topliss-reactive ketones (excluding diaryl/α,β-unsaturated/α-hetero) is 1. The van der Waals surface area contributed by atoms with Crippen LogP contribution in [0.25, 0.3) is 5.76 Å². The summed E-state index contributed by atoms with van der Waals surface area (Å²) < 4.78 is 0. The first-order valence-corrected chi connectivity index (χ1v) is 9.62. The van der Waals surface area contributed by atoms with Gasteiger partial charge in [-0.1, -0.05) is 49.4 Å². The predicted octanol–water partition coefficient (Wildman–Crippen LogP) is 3.98. The molecule has 1 fully saturated rings. The summed E-state index contributed by atoms with van der Waals surface area (Å²) in [6.07, 6.45) is 2.39. The molecule has 0 bridgehead atoms. The minimum atomic E-state index is -0.967. The van der Waals surface area contributed by atoms with Crippen molar-refractivity contribution in [2.75, 3.05) is 4.90 Å². The molecule has 1 aliphatic heterocycles. The van der Waals surface area contributed by atoms with Crippen LogP contribution in [0.15, 0.2) is 78.5 Å². The van der Waals surface area contributed by atoms with E-state index >= 15 is 0 Å². The highest BCUT2D eigenvalue weighted by atomic mass is 16.3. The summed E-state index contributed by atoms with van der Waals surface area (Å²) in [5.41, 5.74) is 2.04. The lowest BCUT2D eigenvalue weighted by Gasteiger charge is -2.25. The number of para-hydroxylation sites is 2. The number of phenolic OH excluding ortho intramolecular Hbond substituents is 1. The van der Waals surface area contributed by atoms with Crippen LogP contribution < -0.4 is 4.90 Å². The van der Waals surface area contributed by atoms with Crippen molar-refractivity contribution in [1.82, 2.24) is 4.98 Å². The van der Waals surface area contributed by atoms with Gasteiger partial charge in [-0.2, -0.15) is 0 Å². The van der Waals surface area contributed by atoms with Crippen molar-refractivity contribution in [3.05, 3.63) is 95.3 Å². The summed E-state index contributed by atoms with van der Waals surface area (Å²) in [5, 5.41) is 21.4. The average molecular weight is 400 g/mol. The number of benzene rings is 2. The van der Waals surface area contributed by atoms with Crippen molar-refractivity contribution in [3.63, 3.8) is 0 Å². The predicted molar refractivity (Wildman–Crippen MR) is 113 cm³/mol. The topological polar surface area (TPSA) is 90.7 Å². The van der Waals surface area contributed by atoms with Crippen molar-refractivity contribution < 1.29 is 19.8 Å². The first-order chi connectivity index (χ1) is 14.5. The number of hydrogen-bond donors (Lipinski definition) is 2. The zero-order valence-electron chi connectivity index (χ0n) is 16.3. The van der Waals surface area contributed by atoms with Gasteiger partial charge in [0.05, 0.1) is 17.0 Å². The van der Waals surface area contributed by atoms with Gasteiger partial charge in [0.1, 0.15) is 17.6 Å². The second-order valence-electron chi connectivity index (χ2n) is 6.96. The van der Waals surface area contributed by atoms with E-state index in [1.807, 2.05) is 19.1 Å². The highest BCUT2D eigenvalue weighted by molar-refractivity contribution is 6.51. The van der Waals surface area contributed by atoms with E-state index in [1.54, 1.807) is 54.7 Å². The van der Waals surface area contributed by atoms with E-state index < -0.39 is 17.7 Å². The van der Waals surface area contributed by atoms with Crippen LogP contribution in [-0.4, -0.2) is 26.9 Å². The van der Waals surface area contributed by atoms with Gasteiger partial charge in [0.25, 0.3) is 11.7 Å². The highest BCUT2D eigenvalue weighted by Crippen LogP contribution is 2.43. The number of carbonyl (C=O) groups is 2. The Bertz CT molecular complexity index is 1140. The third kappa shape index (κ3) is 3.22. The third-order valence-corrected chi connectivity index (χ3v) is 5.19. The lowest BCUT2D eigenvalue weighted by atomic mass is 9.97. The molecule has 0 spiro atoms. The van der Waals surface area contributed by atoms with Crippen LogP contribution in [0.2, 0.25) is 0 Å². The van der Waals surface area contributed by atoms with Crippen LogP contribution in [0.1, 0.15) is 29.8 Å². The van der Waals surface area contributed by atoms with Gasteiger partial charge in [-0.05, 0) is 36.2 Å². The Labute approximate surface area is 173 Å². The molecule has 2 N–H and O–H groups in total. The maximum absolute atomic E-state index is 13.0. The third-order valence-electron chi connectivity index (χ3n) is 5.19. The normalized spacial score (nSPS) is 18.0. The monoisotopic (exact) mass is 400 g/mol. The molecule has 150 valence electrons. The summed E-state index contributed by atoms with van der Waals surface area (Å²) >= 11 is 0. The number of ketones is 1. The molecular weight excluding hydrogens is 380 g/mol. The SMILES string of the molecule is CCc1ccc(/C(O)=C2/C(=O)C(=O)N(c3ccccc3O)C2c2ccccn2)cc1. The van der Waals surface area contributed by atoms with E-state index in [0.29, 0.717) is 11.3 Å². The van der Waals surface area contributed by atoms with E-state index in [4.69, 9.17) is 0 Å². The summed E-state index contributed by atoms with van der Waals surface area (Å²) in [5.74, 6) is -2.08. The molecule has 6 nitrogen and oxygen atoms in total. The Hall–Kier alpha value is -3.93. The van der Waals surface area contributed by atoms with E-state index in [2.05, 4.69) is 4.98 Å². The molecule has 1 saturated heterocycles. The quantitative estimate of drug-likeness (QED) is 0.393. The Morgan fingerprint density at radius 1 is 1.00 bits per heavy atom. The molecule has 1 aliphatic rings. The van der Waals surface area contributed by atoms with E-state index in [1.165, 1.54) is 11.0 Å². The number of aliphatic hydroxyl groups excluding tert-OH is 1. The Morgan fingerprint density at radius 3 is 2.33 bits per heavy atom. The van der Waals surface area contributed by atoms with Crippen molar-refractivity contribution in [1.29, 1.82) is 0 Å². The fourth-order valence-corrected chi connectivity index (χ4v) is 3.62. The maximum Gasteiger partial charge on any atom is 0.300 e. The van der Waals surface area contributed by atoms with Crippen LogP contribution >= 0.6 is 0 Å². The molecule has 6 heteroatoms. The number of rotatable bonds is 4. The minimum Gasteiger partial charge on any atom is -0.507 e. The van der Waals surface area contributed by atoms with Crippen LogP contribution in [0, 0.1) is 0 Å². The summed E-state index contributed by atoms with van der Waals surface area (Å²) in [6.45, 7) is 2.02. The molecule has 1 aromatic heterocycles. The highest BCUT2D eigenvalue weighted by Gasteiger charge is 2.48. The standard InChI is InChI=1S/C24H20N2O4/c1-2-15-10-12-16(13-11-15)22(28)20-21(17-7-5-6-14-25-17)26(24(30)23(20)29)18-8-3-4-9-19(18)27/h3-14,21,27-28H,2H2,1H3/b22-20-. The molecule has 4 rings (SSSR count). The molecular formula is C24H20N2O4. The molecule has 3 aromatic rings. The van der Waals surface area contributed by atoms with E-state index in [-0.39, 0.29) is 22.8 Å². The molecule has 0 saturated carbocycles.